The van der Waals surface area contributed by atoms with E-state index in [1.807, 2.05) is 18.5 Å². The topological polar surface area (TPSA) is 61.6 Å². The Hall–Kier alpha value is -3.19. The van der Waals surface area contributed by atoms with Gasteiger partial charge in [0.05, 0.1) is 24.4 Å². The molecule has 0 amide bonds. The monoisotopic (exact) mass is 399 g/mol. The molecule has 0 unspecified atom stereocenters. The summed E-state index contributed by atoms with van der Waals surface area (Å²) in [7, 11) is 0. The lowest BCUT2D eigenvalue weighted by molar-refractivity contribution is 0.242. The van der Waals surface area contributed by atoms with E-state index in [1.165, 1.54) is 17.5 Å². The number of guanidine groups is 1. The van der Waals surface area contributed by atoms with Crippen LogP contribution in [0.4, 0.5) is 5.95 Å². The summed E-state index contributed by atoms with van der Waals surface area (Å²) in [5.74, 6) is 2.47. The van der Waals surface area contributed by atoms with E-state index in [4.69, 9.17) is 9.98 Å². The maximum Gasteiger partial charge on any atom is 0.216 e. The van der Waals surface area contributed by atoms with Gasteiger partial charge in [-0.15, -0.1) is 0 Å². The van der Waals surface area contributed by atoms with Gasteiger partial charge < -0.3 is 5.32 Å². The standard InChI is InChI=1S/C23H25N7/c1-2-8-18(9-3-1)21-27-22-25-15-28(14-17-7-6-12-24-13-17)16-29(22)23-26-19-10-4-5-11-20(19)30(21)23/h1-2,4-7,10-13,18,21H,3,8-9,14-16H2,(H,25,27)/t18-,21-/m0/s1. The summed E-state index contributed by atoms with van der Waals surface area (Å²) in [6.07, 6.45) is 11.9. The van der Waals surface area contributed by atoms with Crippen LogP contribution in [-0.4, -0.2) is 38.7 Å². The fraction of sp³-hybridized carbons (Fsp3) is 0.348. The molecule has 0 saturated carbocycles. The van der Waals surface area contributed by atoms with Gasteiger partial charge in [-0.05, 0) is 43.0 Å². The van der Waals surface area contributed by atoms with Gasteiger partial charge in [0.15, 0.2) is 0 Å². The Morgan fingerprint density at radius 3 is 2.93 bits per heavy atom. The summed E-state index contributed by atoms with van der Waals surface area (Å²) >= 11 is 0. The van der Waals surface area contributed by atoms with Crippen molar-refractivity contribution in [3.8, 4) is 0 Å². The quantitative estimate of drug-likeness (QED) is 0.683. The van der Waals surface area contributed by atoms with E-state index in [9.17, 15) is 0 Å². The third kappa shape index (κ3) is 2.97. The molecule has 7 nitrogen and oxygen atoms in total. The number of rotatable bonds is 3. The number of hydrogen-bond donors (Lipinski definition) is 1. The number of nitrogens with zero attached hydrogens (tertiary/aromatic N) is 6. The predicted molar refractivity (Wildman–Crippen MR) is 118 cm³/mol. The second kappa shape index (κ2) is 7.25. The van der Waals surface area contributed by atoms with Crippen molar-refractivity contribution >= 4 is 22.9 Å². The first-order valence-electron chi connectivity index (χ1n) is 10.7. The van der Waals surface area contributed by atoms with Gasteiger partial charge in [-0.25, -0.2) is 9.98 Å². The molecule has 7 heteroatoms. The van der Waals surface area contributed by atoms with E-state index < -0.39 is 0 Å². The van der Waals surface area contributed by atoms with Crippen LogP contribution in [0.5, 0.6) is 0 Å². The van der Waals surface area contributed by atoms with Gasteiger partial charge in [0.2, 0.25) is 11.9 Å². The van der Waals surface area contributed by atoms with Gasteiger partial charge in [0.25, 0.3) is 0 Å². The maximum atomic E-state index is 5.04. The molecule has 0 fully saturated rings. The van der Waals surface area contributed by atoms with Crippen molar-refractivity contribution < 1.29 is 0 Å². The Balaban J connectivity index is 1.38. The Labute approximate surface area is 175 Å². The fourth-order valence-corrected chi connectivity index (χ4v) is 4.82. The Morgan fingerprint density at radius 2 is 2.07 bits per heavy atom. The lowest BCUT2D eigenvalue weighted by Crippen LogP contribution is -2.58. The zero-order chi connectivity index (χ0) is 19.9. The normalized spacial score (nSPS) is 23.6. The van der Waals surface area contributed by atoms with Crippen LogP contribution in [0, 0.1) is 5.92 Å². The van der Waals surface area contributed by atoms with Crippen molar-refractivity contribution in [3.05, 3.63) is 66.5 Å². The average molecular weight is 400 g/mol. The molecule has 2 atom stereocenters. The van der Waals surface area contributed by atoms with E-state index in [2.05, 4.69) is 67.2 Å². The summed E-state index contributed by atoms with van der Waals surface area (Å²) < 4.78 is 2.39. The molecular weight excluding hydrogens is 374 g/mol. The molecule has 0 bridgehead atoms. The molecule has 6 rings (SSSR count). The minimum atomic E-state index is 0.178. The third-order valence-electron chi connectivity index (χ3n) is 6.28. The van der Waals surface area contributed by atoms with Crippen molar-refractivity contribution in [1.82, 2.24) is 24.8 Å². The first-order valence-corrected chi connectivity index (χ1v) is 10.7. The number of pyridine rings is 1. The molecular formula is C23H25N7. The number of aliphatic imine (C=N–C) groups is 1. The van der Waals surface area contributed by atoms with Crippen LogP contribution in [0.15, 0.2) is 65.9 Å². The highest BCUT2D eigenvalue weighted by Gasteiger charge is 2.38. The van der Waals surface area contributed by atoms with Crippen LogP contribution in [-0.2, 0) is 6.54 Å². The predicted octanol–water partition coefficient (Wildman–Crippen LogP) is 3.48. The highest BCUT2D eigenvalue weighted by molar-refractivity contribution is 5.98. The SMILES string of the molecule is C1=CC[C@H]([C@H]2NC3=NCN(Cc4cccnc4)CN3c3nc4ccccc4n32)CC1. The first kappa shape index (κ1) is 17.7. The number of anilines is 1. The van der Waals surface area contributed by atoms with Crippen molar-refractivity contribution in [1.29, 1.82) is 0 Å². The largest absolute Gasteiger partial charge is 0.335 e. The van der Waals surface area contributed by atoms with Gasteiger partial charge in [-0.2, -0.15) is 0 Å². The van der Waals surface area contributed by atoms with Crippen molar-refractivity contribution in [2.24, 2.45) is 10.9 Å². The summed E-state index contributed by atoms with van der Waals surface area (Å²) in [6, 6.07) is 12.5. The Morgan fingerprint density at radius 1 is 1.10 bits per heavy atom. The van der Waals surface area contributed by atoms with E-state index >= 15 is 0 Å². The molecule has 0 radical (unpaired) electrons. The van der Waals surface area contributed by atoms with E-state index in [0.717, 1.165) is 43.5 Å². The van der Waals surface area contributed by atoms with Crippen LogP contribution in [0.2, 0.25) is 0 Å². The molecule has 3 aliphatic rings. The van der Waals surface area contributed by atoms with Gasteiger partial charge >= 0.3 is 0 Å². The second-order valence-corrected chi connectivity index (χ2v) is 8.29. The van der Waals surface area contributed by atoms with E-state index in [-0.39, 0.29) is 6.17 Å². The number of para-hydroxylation sites is 2. The highest BCUT2D eigenvalue weighted by atomic mass is 15.5. The zero-order valence-electron chi connectivity index (χ0n) is 16.9. The molecule has 0 spiro atoms. The molecule has 1 aromatic carbocycles. The van der Waals surface area contributed by atoms with Gasteiger partial charge in [0.1, 0.15) is 6.17 Å². The molecule has 1 aliphatic carbocycles. The Bertz CT molecular complexity index is 1120. The number of nitrogens with one attached hydrogen (secondary N) is 1. The lowest BCUT2D eigenvalue weighted by Gasteiger charge is -2.44. The smallest absolute Gasteiger partial charge is 0.216 e. The third-order valence-corrected chi connectivity index (χ3v) is 6.28. The highest BCUT2D eigenvalue weighted by Crippen LogP contribution is 2.37. The molecule has 2 aliphatic heterocycles. The number of aromatic nitrogens is 3. The van der Waals surface area contributed by atoms with Gasteiger partial charge in [0, 0.05) is 24.9 Å². The van der Waals surface area contributed by atoms with Crippen LogP contribution in [0.25, 0.3) is 11.0 Å². The van der Waals surface area contributed by atoms with Gasteiger partial charge in [-0.3, -0.25) is 19.4 Å². The summed E-state index contributed by atoms with van der Waals surface area (Å²) in [5.41, 5.74) is 3.42. The molecule has 2 aromatic heterocycles. The van der Waals surface area contributed by atoms with Crippen molar-refractivity contribution in [3.63, 3.8) is 0 Å². The summed E-state index contributed by atoms with van der Waals surface area (Å²) in [4.78, 5) is 18.7. The van der Waals surface area contributed by atoms with Crippen molar-refractivity contribution in [2.75, 3.05) is 18.2 Å². The van der Waals surface area contributed by atoms with E-state index in [1.54, 1.807) is 0 Å². The van der Waals surface area contributed by atoms with E-state index in [0.29, 0.717) is 12.6 Å². The second-order valence-electron chi connectivity index (χ2n) is 8.29. The number of imidazole rings is 1. The summed E-state index contributed by atoms with van der Waals surface area (Å²) in [6.45, 7) is 2.24. The number of hydrogen-bond acceptors (Lipinski definition) is 6. The molecule has 3 aromatic rings. The Kier molecular flexibility index (Phi) is 4.27. The van der Waals surface area contributed by atoms with Gasteiger partial charge in [-0.1, -0.05) is 30.4 Å². The van der Waals surface area contributed by atoms with Crippen LogP contribution in [0.3, 0.4) is 0 Å². The maximum absolute atomic E-state index is 5.04. The molecule has 30 heavy (non-hydrogen) atoms. The van der Waals surface area contributed by atoms with Crippen LogP contribution >= 0.6 is 0 Å². The number of benzene rings is 1. The van der Waals surface area contributed by atoms with Crippen LogP contribution in [0.1, 0.15) is 31.0 Å². The van der Waals surface area contributed by atoms with Crippen molar-refractivity contribution in [2.45, 2.75) is 32.0 Å². The average Bonchev–Trinajstić information content (AvgIpc) is 3.20. The fourth-order valence-electron chi connectivity index (χ4n) is 4.82. The lowest BCUT2D eigenvalue weighted by atomic mass is 9.91. The number of allylic oxidation sites excluding steroid dienone is 2. The first-order chi connectivity index (χ1) is 14.9. The minimum absolute atomic E-state index is 0.178. The summed E-state index contributed by atoms with van der Waals surface area (Å²) in [5, 5.41) is 3.77. The number of fused-ring (bicyclic) bond motifs is 5. The minimum Gasteiger partial charge on any atom is -0.335 e. The van der Waals surface area contributed by atoms with Crippen LogP contribution < -0.4 is 10.2 Å². The molecule has 0 saturated heterocycles. The zero-order valence-corrected chi connectivity index (χ0v) is 16.9. The molecule has 4 heterocycles. The molecule has 1 N–H and O–H groups in total. The molecule has 152 valence electrons.